The molecule has 1 aliphatic heterocycles. The summed E-state index contributed by atoms with van der Waals surface area (Å²) in [5.74, 6) is -0.194. The number of phenols is 3. The van der Waals surface area contributed by atoms with E-state index < -0.39 is 0 Å². The summed E-state index contributed by atoms with van der Waals surface area (Å²) in [7, 11) is 2.75. The van der Waals surface area contributed by atoms with Crippen LogP contribution in [0.25, 0.3) is 0 Å². The summed E-state index contributed by atoms with van der Waals surface area (Å²) in [4.78, 5) is 37.6. The van der Waals surface area contributed by atoms with Crippen LogP contribution in [-0.4, -0.2) is 83.7 Å². The van der Waals surface area contributed by atoms with E-state index in [1.54, 1.807) is 19.1 Å². The molecule has 15 heteroatoms. The number of methoxy groups -OCH3 is 2. The monoisotopic (exact) mass is 913 g/mol. The van der Waals surface area contributed by atoms with Gasteiger partial charge in [0.05, 0.1) is 27.1 Å². The Hall–Kier alpha value is -4.77. The summed E-state index contributed by atoms with van der Waals surface area (Å²) in [6.45, 7) is 3.98. The first kappa shape index (κ1) is 49.1. The zero-order valence-electron chi connectivity index (χ0n) is 39.1. The van der Waals surface area contributed by atoms with Crippen molar-refractivity contribution in [1.82, 2.24) is 31.9 Å². The molecule has 15 nitrogen and oxygen atoms in total. The smallest absolute Gasteiger partial charge is 0.310 e. The molecule has 7 rings (SSSR count). The molecule has 66 heavy (non-hydrogen) atoms. The Morgan fingerprint density at radius 1 is 0.455 bits per heavy atom. The highest BCUT2D eigenvalue weighted by Gasteiger charge is 2.30. The summed E-state index contributed by atoms with van der Waals surface area (Å²) >= 11 is 0. The Bertz CT molecular complexity index is 1800. The van der Waals surface area contributed by atoms with Crippen molar-refractivity contribution >= 4 is 17.9 Å². The fourth-order valence-corrected chi connectivity index (χ4v) is 10.5. The quantitative estimate of drug-likeness (QED) is 0.111. The lowest BCUT2D eigenvalue weighted by atomic mass is 9.89. The van der Waals surface area contributed by atoms with E-state index in [-0.39, 0.29) is 90.7 Å². The Labute approximate surface area is 389 Å². The first-order valence-corrected chi connectivity index (χ1v) is 24.3. The highest BCUT2D eigenvalue weighted by molar-refractivity contribution is 5.74. The number of phenolic OH excluding ortho intramolecular Hbond substituents is 3. The molecule has 360 valence electrons. The molecule has 0 radical (unpaired) electrons. The van der Waals surface area contributed by atoms with Gasteiger partial charge in [-0.05, 0) is 61.8 Å². The lowest BCUT2D eigenvalue weighted by molar-refractivity contribution is -0.140. The van der Waals surface area contributed by atoms with Crippen molar-refractivity contribution in [2.75, 3.05) is 14.2 Å². The zero-order chi connectivity index (χ0) is 46.6. The van der Waals surface area contributed by atoms with Gasteiger partial charge < -0.3 is 61.4 Å². The lowest BCUT2D eigenvalue weighted by Gasteiger charge is -2.34. The molecular formula is C51H72N6O9. The van der Waals surface area contributed by atoms with Gasteiger partial charge in [-0.15, -0.1) is 0 Å². The molecule has 0 saturated heterocycles. The van der Waals surface area contributed by atoms with E-state index in [2.05, 4.69) is 31.9 Å². The molecule has 6 unspecified atom stereocenters. The van der Waals surface area contributed by atoms with Crippen LogP contribution in [-0.2, 0) is 76.0 Å². The van der Waals surface area contributed by atoms with Crippen LogP contribution < -0.4 is 36.6 Å². The zero-order valence-corrected chi connectivity index (χ0v) is 39.1. The third-order valence-electron chi connectivity index (χ3n) is 14.2. The Morgan fingerprint density at radius 2 is 0.712 bits per heavy atom. The molecule has 3 fully saturated rings. The molecule has 0 spiro atoms. The number of ether oxygens (including phenoxy) is 3. The average Bonchev–Trinajstić information content (AvgIpc) is 3.33. The summed E-state index contributed by atoms with van der Waals surface area (Å²) in [5.41, 5.74) is 5.56. The third-order valence-corrected chi connectivity index (χ3v) is 14.2. The number of benzene rings is 3. The van der Waals surface area contributed by atoms with Crippen LogP contribution in [0.4, 0.5) is 0 Å². The van der Waals surface area contributed by atoms with Crippen molar-refractivity contribution in [1.29, 1.82) is 0 Å². The molecule has 6 atom stereocenters. The fraction of sp³-hybridized carbons (Fsp3) is 0.588. The largest absolute Gasteiger partial charge is 0.507 e. The first-order valence-electron chi connectivity index (χ1n) is 24.3. The number of rotatable bonds is 6. The molecule has 9 N–H and O–H groups in total. The second-order valence-electron chi connectivity index (χ2n) is 18.7. The topological polar surface area (TPSA) is 212 Å². The van der Waals surface area contributed by atoms with Crippen molar-refractivity contribution in [3.8, 4) is 23.0 Å². The van der Waals surface area contributed by atoms with Crippen molar-refractivity contribution in [2.24, 2.45) is 0 Å². The van der Waals surface area contributed by atoms with Crippen LogP contribution in [0.3, 0.4) is 0 Å². The van der Waals surface area contributed by atoms with Crippen LogP contribution in [0, 0.1) is 0 Å². The van der Waals surface area contributed by atoms with E-state index in [1.165, 1.54) is 14.2 Å². The molecule has 3 aromatic rings. The van der Waals surface area contributed by atoms with Crippen LogP contribution in [0.1, 0.15) is 135 Å². The predicted octanol–water partition coefficient (Wildman–Crippen LogP) is 5.44. The van der Waals surface area contributed by atoms with Crippen molar-refractivity contribution in [3.05, 3.63) is 80.9 Å². The Balaban J connectivity index is 1.22. The van der Waals surface area contributed by atoms with E-state index in [0.717, 1.165) is 88.2 Å². The van der Waals surface area contributed by atoms with Crippen molar-refractivity contribution < 1.29 is 43.9 Å². The van der Waals surface area contributed by atoms with Gasteiger partial charge in [0.1, 0.15) is 23.0 Å². The highest BCUT2D eigenvalue weighted by atomic mass is 16.5. The number of fused-ring (bicyclic) bond motifs is 9. The molecular weight excluding hydrogens is 841 g/mol. The first-order chi connectivity index (χ1) is 32.0. The number of esters is 3. The van der Waals surface area contributed by atoms with Gasteiger partial charge in [0.25, 0.3) is 0 Å². The van der Waals surface area contributed by atoms with Crippen LogP contribution in [0.5, 0.6) is 23.0 Å². The van der Waals surface area contributed by atoms with E-state index in [1.807, 2.05) is 24.3 Å². The highest BCUT2D eigenvalue weighted by Crippen LogP contribution is 2.33. The molecule has 1 heterocycles. The van der Waals surface area contributed by atoms with E-state index in [0.29, 0.717) is 78.4 Å². The number of aromatic hydroxyl groups is 3. The molecule has 3 aliphatic carbocycles. The molecule has 0 amide bonds. The lowest BCUT2D eigenvalue weighted by Crippen LogP contribution is -2.49. The van der Waals surface area contributed by atoms with Gasteiger partial charge in [0.15, 0.2) is 0 Å². The van der Waals surface area contributed by atoms with Crippen molar-refractivity contribution in [3.63, 3.8) is 0 Å². The van der Waals surface area contributed by atoms with Gasteiger partial charge in [0, 0.05) is 115 Å². The maximum absolute atomic E-state index is 12.5. The number of hydrogen-bond donors (Lipinski definition) is 9. The average molecular weight is 913 g/mol. The standard InChI is InChI=1S/C51H72N6O9/c1-4-46(58)66-39-23-37-29-56-44-15-9-7-13-42(44)54-27-35-19-31(21-47(59)64-2)17-33(49(35)61)25-52-40-11-5-6-12-41(40)53-26-34-18-32(22-48(60)65-3)20-36(50(34)62)28-55-43-14-8-10-16-45(43)57-30-38(24-39)51(37)63/h17-20,23-24,40-45,52-57,61-63H,4-16,21-22,25-30H2,1-3H3. The minimum Gasteiger partial charge on any atom is -0.507 e. The van der Waals surface area contributed by atoms with Crippen LogP contribution >= 0.6 is 0 Å². The van der Waals surface area contributed by atoms with Gasteiger partial charge >= 0.3 is 17.9 Å². The Kier molecular flexibility index (Phi) is 17.7. The Morgan fingerprint density at radius 3 is 0.955 bits per heavy atom. The SMILES string of the molecule is CCC(=O)Oc1cc2c(O)c(c1)CNC1CCCCC1NCc1cc(CC(=O)OC)cc(c1O)CNC1CCCCC1NCc1cc(CC(=O)OC)cc(c1O)CNC1CCCCC1NC2. The minimum atomic E-state index is -0.361. The normalized spacial score (nSPS) is 24.6. The van der Waals surface area contributed by atoms with Gasteiger partial charge in [0.2, 0.25) is 0 Å². The van der Waals surface area contributed by atoms with Crippen LogP contribution in [0.2, 0.25) is 0 Å². The summed E-state index contributed by atoms with van der Waals surface area (Å²) in [6.07, 6.45) is 12.2. The summed E-state index contributed by atoms with van der Waals surface area (Å²) < 4.78 is 15.8. The maximum Gasteiger partial charge on any atom is 0.310 e. The van der Waals surface area contributed by atoms with Crippen molar-refractivity contribution in [2.45, 2.75) is 179 Å². The molecule has 3 aromatic carbocycles. The van der Waals surface area contributed by atoms with Crippen LogP contribution in [0.15, 0.2) is 36.4 Å². The predicted molar refractivity (Wildman–Crippen MR) is 251 cm³/mol. The molecule has 3 saturated carbocycles. The van der Waals surface area contributed by atoms with Gasteiger partial charge in [-0.3, -0.25) is 14.4 Å². The molecule has 6 bridgehead atoms. The summed E-state index contributed by atoms with van der Waals surface area (Å²) in [5, 5.41) is 57.8. The number of hydrogen-bond acceptors (Lipinski definition) is 15. The van der Waals surface area contributed by atoms with E-state index in [9.17, 15) is 29.7 Å². The molecule has 4 aliphatic rings. The van der Waals surface area contributed by atoms with Gasteiger partial charge in [-0.2, -0.15) is 0 Å². The number of carbonyl (C=O) groups excluding carboxylic acids is 3. The summed E-state index contributed by atoms with van der Waals surface area (Å²) in [6, 6.07) is 11.4. The number of carbonyl (C=O) groups is 3. The fourth-order valence-electron chi connectivity index (χ4n) is 10.5. The second kappa shape index (κ2) is 23.8. The minimum absolute atomic E-state index is 0.0618. The maximum atomic E-state index is 12.5. The third kappa shape index (κ3) is 13.0. The van der Waals surface area contributed by atoms with Gasteiger partial charge in [-0.1, -0.05) is 69.7 Å². The second-order valence-corrected chi connectivity index (χ2v) is 18.7. The molecule has 0 aromatic heterocycles. The van der Waals surface area contributed by atoms with E-state index in [4.69, 9.17) is 14.2 Å². The number of nitrogens with one attached hydrogen (secondary N) is 6. The van der Waals surface area contributed by atoms with E-state index >= 15 is 0 Å². The van der Waals surface area contributed by atoms with Gasteiger partial charge in [-0.25, -0.2) is 0 Å².